The number of benzene rings is 1. The van der Waals surface area contributed by atoms with Crippen LogP contribution < -0.4 is 4.74 Å². The Labute approximate surface area is 148 Å². The van der Waals surface area contributed by atoms with Crippen LogP contribution in [0.25, 0.3) is 0 Å². The van der Waals surface area contributed by atoms with Gasteiger partial charge in [-0.1, -0.05) is 0 Å². The van der Waals surface area contributed by atoms with Gasteiger partial charge in [-0.15, -0.1) is 0 Å². The van der Waals surface area contributed by atoms with E-state index in [1.165, 1.54) is 0 Å². The first-order valence-corrected chi connectivity index (χ1v) is 8.76. The van der Waals surface area contributed by atoms with Crippen LogP contribution in [0.1, 0.15) is 56.0 Å². The van der Waals surface area contributed by atoms with E-state index in [9.17, 15) is 9.59 Å². The number of ether oxygens (including phenoxy) is 3. The van der Waals surface area contributed by atoms with E-state index in [1.54, 1.807) is 17.0 Å². The van der Waals surface area contributed by atoms with Gasteiger partial charge in [-0.3, -0.25) is 0 Å². The van der Waals surface area contributed by atoms with Crippen molar-refractivity contribution in [3.05, 3.63) is 29.3 Å². The number of fused-ring (bicyclic) bond motifs is 1. The molecule has 3 rings (SSSR count). The number of esters is 1. The summed E-state index contributed by atoms with van der Waals surface area (Å²) in [4.78, 5) is 25.6. The highest BCUT2D eigenvalue weighted by molar-refractivity contribution is 5.93. The van der Waals surface area contributed by atoms with E-state index in [1.807, 2.05) is 26.8 Å². The van der Waals surface area contributed by atoms with Crippen LogP contribution in [0.15, 0.2) is 18.2 Å². The van der Waals surface area contributed by atoms with Gasteiger partial charge in [0.25, 0.3) is 0 Å². The van der Waals surface area contributed by atoms with Crippen LogP contribution in [0.4, 0.5) is 4.79 Å². The van der Waals surface area contributed by atoms with Crippen molar-refractivity contribution >= 4 is 12.1 Å². The molecule has 1 atom stereocenters. The minimum atomic E-state index is -0.508. The number of hydrogen-bond donors (Lipinski definition) is 0. The molecular weight excluding hydrogens is 322 g/mol. The van der Waals surface area contributed by atoms with Crippen LogP contribution in [-0.2, 0) is 16.1 Å². The van der Waals surface area contributed by atoms with Gasteiger partial charge in [-0.2, -0.15) is 0 Å². The van der Waals surface area contributed by atoms with Crippen LogP contribution in [0.5, 0.6) is 5.75 Å². The Hall–Kier alpha value is -2.24. The third-order valence-electron chi connectivity index (χ3n) is 4.24. The Morgan fingerprint density at radius 3 is 2.84 bits per heavy atom. The monoisotopic (exact) mass is 347 g/mol. The third-order valence-corrected chi connectivity index (χ3v) is 4.24. The molecule has 0 aliphatic carbocycles. The van der Waals surface area contributed by atoms with Crippen molar-refractivity contribution in [3.63, 3.8) is 0 Å². The normalized spacial score (nSPS) is 20.5. The van der Waals surface area contributed by atoms with Gasteiger partial charge in [0, 0.05) is 12.1 Å². The van der Waals surface area contributed by atoms with E-state index in [-0.39, 0.29) is 18.2 Å². The average molecular weight is 347 g/mol. The molecule has 2 aliphatic rings. The number of rotatable bonds is 2. The molecule has 136 valence electrons. The fourth-order valence-corrected chi connectivity index (χ4v) is 3.07. The van der Waals surface area contributed by atoms with Gasteiger partial charge in [-0.05, 0) is 58.2 Å². The zero-order valence-corrected chi connectivity index (χ0v) is 15.0. The number of nitrogens with zero attached hydrogens (tertiary/aromatic N) is 1. The van der Waals surface area contributed by atoms with E-state index in [4.69, 9.17) is 14.2 Å². The topological polar surface area (TPSA) is 65.1 Å². The van der Waals surface area contributed by atoms with E-state index in [0.29, 0.717) is 31.0 Å². The van der Waals surface area contributed by atoms with Gasteiger partial charge in [0.15, 0.2) is 0 Å². The molecule has 1 aromatic rings. The lowest BCUT2D eigenvalue weighted by Crippen LogP contribution is -2.41. The number of hydrogen-bond acceptors (Lipinski definition) is 5. The number of cyclic esters (lactones) is 1. The number of carbonyl (C=O) groups excluding carboxylic acids is 2. The molecule has 25 heavy (non-hydrogen) atoms. The summed E-state index contributed by atoms with van der Waals surface area (Å²) in [5.74, 6) is 0.417. The summed E-state index contributed by atoms with van der Waals surface area (Å²) in [6, 6.07) is 5.37. The Bertz CT molecular complexity index is 664. The first kappa shape index (κ1) is 17.6. The van der Waals surface area contributed by atoms with Crippen molar-refractivity contribution < 1.29 is 23.8 Å². The lowest BCUT2D eigenvalue weighted by Gasteiger charge is -2.28. The SMILES string of the molecule is CC(C)(C)OC(=O)N1CCCCC(Oc2ccc3c(c2)COC3=O)C1. The second kappa shape index (κ2) is 6.94. The van der Waals surface area contributed by atoms with Crippen molar-refractivity contribution in [1.29, 1.82) is 0 Å². The summed E-state index contributed by atoms with van der Waals surface area (Å²) in [5, 5.41) is 0. The van der Waals surface area contributed by atoms with Crippen LogP contribution >= 0.6 is 0 Å². The molecule has 0 radical (unpaired) electrons. The molecule has 1 fully saturated rings. The average Bonchev–Trinajstić information content (AvgIpc) is 2.74. The summed E-state index contributed by atoms with van der Waals surface area (Å²) in [7, 11) is 0. The van der Waals surface area contributed by atoms with Crippen LogP contribution in [-0.4, -0.2) is 41.8 Å². The molecule has 1 amide bonds. The van der Waals surface area contributed by atoms with Crippen LogP contribution in [0, 0.1) is 0 Å². The fourth-order valence-electron chi connectivity index (χ4n) is 3.07. The lowest BCUT2D eigenvalue weighted by atomic mass is 10.1. The first-order valence-electron chi connectivity index (χ1n) is 8.76. The maximum Gasteiger partial charge on any atom is 0.410 e. The lowest BCUT2D eigenvalue weighted by molar-refractivity contribution is 0.0192. The van der Waals surface area contributed by atoms with E-state index in [0.717, 1.165) is 24.8 Å². The third kappa shape index (κ3) is 4.44. The van der Waals surface area contributed by atoms with Gasteiger partial charge in [0.2, 0.25) is 0 Å². The Balaban J connectivity index is 1.65. The molecule has 1 aromatic carbocycles. The highest BCUT2D eigenvalue weighted by Gasteiger charge is 2.28. The molecule has 0 aromatic heterocycles. The molecule has 1 unspecified atom stereocenters. The van der Waals surface area contributed by atoms with Crippen molar-refractivity contribution in [2.24, 2.45) is 0 Å². The molecule has 2 aliphatic heterocycles. The minimum absolute atomic E-state index is 0.0916. The molecule has 0 saturated carbocycles. The van der Waals surface area contributed by atoms with Gasteiger partial charge in [0.1, 0.15) is 24.1 Å². The van der Waals surface area contributed by atoms with Gasteiger partial charge < -0.3 is 19.1 Å². The van der Waals surface area contributed by atoms with Gasteiger partial charge in [0.05, 0.1) is 12.1 Å². The summed E-state index contributed by atoms with van der Waals surface area (Å²) < 4.78 is 16.6. The molecule has 1 saturated heterocycles. The zero-order valence-electron chi connectivity index (χ0n) is 15.0. The van der Waals surface area contributed by atoms with Crippen molar-refractivity contribution in [2.75, 3.05) is 13.1 Å². The van der Waals surface area contributed by atoms with Crippen molar-refractivity contribution in [3.8, 4) is 5.75 Å². The highest BCUT2D eigenvalue weighted by atomic mass is 16.6. The first-order chi connectivity index (χ1) is 11.8. The maximum atomic E-state index is 12.3. The Kier molecular flexibility index (Phi) is 4.88. The quantitative estimate of drug-likeness (QED) is 0.766. The van der Waals surface area contributed by atoms with Crippen LogP contribution in [0.2, 0.25) is 0 Å². The number of amides is 1. The second-order valence-electron chi connectivity index (χ2n) is 7.56. The predicted octanol–water partition coefficient (Wildman–Crippen LogP) is 3.53. The van der Waals surface area contributed by atoms with E-state index >= 15 is 0 Å². The van der Waals surface area contributed by atoms with Gasteiger partial charge in [-0.25, -0.2) is 9.59 Å². The Morgan fingerprint density at radius 1 is 1.28 bits per heavy atom. The molecule has 0 bridgehead atoms. The predicted molar refractivity (Wildman–Crippen MR) is 91.6 cm³/mol. The molecule has 6 nitrogen and oxygen atoms in total. The summed E-state index contributed by atoms with van der Waals surface area (Å²) in [6.45, 7) is 7.07. The Morgan fingerprint density at radius 2 is 2.08 bits per heavy atom. The molecule has 0 N–H and O–H groups in total. The summed E-state index contributed by atoms with van der Waals surface area (Å²) >= 11 is 0. The number of likely N-dealkylation sites (tertiary alicyclic amines) is 1. The molecule has 6 heteroatoms. The summed E-state index contributed by atoms with van der Waals surface area (Å²) in [6.07, 6.45) is 2.43. The van der Waals surface area contributed by atoms with Gasteiger partial charge >= 0.3 is 12.1 Å². The zero-order chi connectivity index (χ0) is 18.0. The highest BCUT2D eigenvalue weighted by Crippen LogP contribution is 2.26. The van der Waals surface area contributed by atoms with Crippen molar-refractivity contribution in [1.82, 2.24) is 4.90 Å². The number of carbonyl (C=O) groups is 2. The largest absolute Gasteiger partial charge is 0.489 e. The molecule has 0 spiro atoms. The molecule has 2 heterocycles. The van der Waals surface area contributed by atoms with E-state index < -0.39 is 5.60 Å². The van der Waals surface area contributed by atoms with E-state index in [2.05, 4.69) is 0 Å². The smallest absolute Gasteiger partial charge is 0.410 e. The maximum absolute atomic E-state index is 12.3. The minimum Gasteiger partial charge on any atom is -0.489 e. The fraction of sp³-hybridized carbons (Fsp3) is 0.579. The second-order valence-corrected chi connectivity index (χ2v) is 7.56. The molecular formula is C19H25NO5. The standard InChI is InChI=1S/C19H25NO5/c1-19(2,3)25-18(22)20-9-5-4-6-15(11-20)24-14-7-8-16-13(10-14)12-23-17(16)21/h7-8,10,15H,4-6,9,11-12H2,1-3H3. The summed E-state index contributed by atoms with van der Waals surface area (Å²) in [5.41, 5.74) is 0.940. The van der Waals surface area contributed by atoms with Crippen LogP contribution in [0.3, 0.4) is 0 Å². The van der Waals surface area contributed by atoms with Crippen molar-refractivity contribution in [2.45, 2.75) is 58.3 Å².